The summed E-state index contributed by atoms with van der Waals surface area (Å²) in [5.74, 6) is -0.199. The first kappa shape index (κ1) is 19.4. The summed E-state index contributed by atoms with van der Waals surface area (Å²) in [7, 11) is 0. The Labute approximate surface area is 171 Å². The lowest BCUT2D eigenvalue weighted by Gasteiger charge is -2.27. The van der Waals surface area contributed by atoms with Gasteiger partial charge in [0.2, 0.25) is 5.91 Å². The van der Waals surface area contributed by atoms with Crippen LogP contribution < -0.4 is 11.1 Å². The maximum Gasteiger partial charge on any atom is 0.317 e. The van der Waals surface area contributed by atoms with Gasteiger partial charge in [-0.2, -0.15) is 0 Å². The molecule has 29 heavy (non-hydrogen) atoms. The Morgan fingerprint density at radius 2 is 1.48 bits per heavy atom. The van der Waals surface area contributed by atoms with E-state index in [4.69, 9.17) is 16.3 Å². The topological polar surface area (TPSA) is 73.5 Å². The largest absolute Gasteiger partial charge is 0.378 e. The van der Waals surface area contributed by atoms with Gasteiger partial charge in [-0.05, 0) is 29.8 Å². The lowest BCUT2D eigenvalue weighted by molar-refractivity contribution is -0.135. The van der Waals surface area contributed by atoms with Gasteiger partial charge < -0.3 is 9.64 Å². The molecule has 3 aromatic rings. The molecule has 0 bridgehead atoms. The van der Waals surface area contributed by atoms with E-state index in [0.29, 0.717) is 42.4 Å². The molecule has 1 saturated heterocycles. The molecule has 150 valence electrons. The highest BCUT2D eigenvalue weighted by molar-refractivity contribution is 6.30. The number of carbonyl (C=O) groups is 1. The molecule has 1 aromatic heterocycles. The number of morpholine rings is 1. The highest BCUT2D eigenvalue weighted by Crippen LogP contribution is 2.15. The molecule has 0 saturated carbocycles. The highest BCUT2D eigenvalue weighted by atomic mass is 35.5. The third kappa shape index (κ3) is 3.97. The van der Waals surface area contributed by atoms with Crippen LogP contribution in [0.2, 0.25) is 5.02 Å². The van der Waals surface area contributed by atoms with E-state index in [9.17, 15) is 14.4 Å². The van der Waals surface area contributed by atoms with Crippen molar-refractivity contribution >= 4 is 28.5 Å². The van der Waals surface area contributed by atoms with Gasteiger partial charge in [0.15, 0.2) is 0 Å². The summed E-state index contributed by atoms with van der Waals surface area (Å²) in [4.78, 5) is 40.1. The molecule has 2 aromatic carbocycles. The summed E-state index contributed by atoms with van der Waals surface area (Å²) in [6.45, 7) is 1.99. The minimum Gasteiger partial charge on any atom is -0.378 e. The van der Waals surface area contributed by atoms with E-state index < -0.39 is 11.1 Å². The zero-order chi connectivity index (χ0) is 20.4. The Bertz CT molecular complexity index is 1160. The molecule has 0 atom stereocenters. The van der Waals surface area contributed by atoms with E-state index in [2.05, 4.69) is 0 Å². The first-order valence-corrected chi connectivity index (χ1v) is 9.75. The van der Waals surface area contributed by atoms with Crippen LogP contribution in [0.4, 0.5) is 0 Å². The zero-order valence-electron chi connectivity index (χ0n) is 15.7. The summed E-state index contributed by atoms with van der Waals surface area (Å²) < 4.78 is 7.98. The van der Waals surface area contributed by atoms with Crippen LogP contribution in [0.15, 0.2) is 58.1 Å². The fraction of sp³-hybridized carbons (Fsp3) is 0.286. The first-order chi connectivity index (χ1) is 14.0. The number of benzene rings is 2. The molecule has 1 fully saturated rings. The van der Waals surface area contributed by atoms with Gasteiger partial charge in [-0.25, -0.2) is 0 Å². The van der Waals surface area contributed by atoms with Crippen LogP contribution in [0.1, 0.15) is 5.56 Å². The van der Waals surface area contributed by atoms with Gasteiger partial charge in [-0.15, -0.1) is 0 Å². The minimum atomic E-state index is -0.709. The van der Waals surface area contributed by atoms with Gasteiger partial charge >= 0.3 is 11.1 Å². The van der Waals surface area contributed by atoms with Crippen molar-refractivity contribution in [1.29, 1.82) is 0 Å². The Morgan fingerprint density at radius 1 is 0.897 bits per heavy atom. The minimum absolute atomic E-state index is 0.170. The molecule has 0 N–H and O–H groups in total. The molecule has 1 aliphatic heterocycles. The third-order valence-corrected chi connectivity index (χ3v) is 5.30. The first-order valence-electron chi connectivity index (χ1n) is 9.37. The number of para-hydroxylation sites is 2. The van der Waals surface area contributed by atoms with Crippen LogP contribution in [0, 0.1) is 0 Å². The quantitative estimate of drug-likeness (QED) is 0.610. The Morgan fingerprint density at radius 3 is 2.14 bits per heavy atom. The van der Waals surface area contributed by atoms with Crippen molar-refractivity contribution in [3.8, 4) is 0 Å². The molecule has 0 aliphatic carbocycles. The fourth-order valence-corrected chi connectivity index (χ4v) is 3.63. The standard InChI is InChI=1S/C21H20ClN3O4/c22-16-7-5-15(6-8-16)13-24-17-3-1-2-4-18(17)25(21(28)20(24)27)14-19(26)23-9-11-29-12-10-23/h1-8H,9-14H2. The summed E-state index contributed by atoms with van der Waals surface area (Å²) in [6.07, 6.45) is 0. The number of hydrogen-bond donors (Lipinski definition) is 0. The smallest absolute Gasteiger partial charge is 0.317 e. The molecule has 4 rings (SSSR count). The average Bonchev–Trinajstić information content (AvgIpc) is 2.76. The Balaban J connectivity index is 1.76. The number of fused-ring (bicyclic) bond motifs is 1. The monoisotopic (exact) mass is 413 g/mol. The van der Waals surface area contributed by atoms with Gasteiger partial charge in [0.25, 0.3) is 0 Å². The SMILES string of the molecule is O=C(Cn1c(=O)c(=O)n(Cc2ccc(Cl)cc2)c2ccccc21)N1CCOCC1. The number of amides is 1. The highest BCUT2D eigenvalue weighted by Gasteiger charge is 2.20. The Hall–Kier alpha value is -2.90. The molecule has 0 spiro atoms. The van der Waals surface area contributed by atoms with Crippen molar-refractivity contribution in [3.05, 3.63) is 79.8 Å². The molecular weight excluding hydrogens is 394 g/mol. The lowest BCUT2D eigenvalue weighted by atomic mass is 10.2. The maximum atomic E-state index is 12.9. The maximum absolute atomic E-state index is 12.9. The molecule has 8 heteroatoms. The number of nitrogens with zero attached hydrogens (tertiary/aromatic N) is 3. The van der Waals surface area contributed by atoms with Crippen LogP contribution in [0.3, 0.4) is 0 Å². The summed E-state index contributed by atoms with van der Waals surface area (Å²) in [6, 6.07) is 14.2. The predicted molar refractivity (Wildman–Crippen MR) is 110 cm³/mol. The van der Waals surface area contributed by atoms with Crippen molar-refractivity contribution in [2.45, 2.75) is 13.1 Å². The van der Waals surface area contributed by atoms with E-state index in [1.54, 1.807) is 41.3 Å². The van der Waals surface area contributed by atoms with Crippen LogP contribution in [-0.4, -0.2) is 46.2 Å². The van der Waals surface area contributed by atoms with E-state index in [0.717, 1.165) is 5.56 Å². The van der Waals surface area contributed by atoms with Crippen molar-refractivity contribution in [1.82, 2.24) is 14.0 Å². The number of carbonyl (C=O) groups excluding carboxylic acids is 1. The van der Waals surface area contributed by atoms with E-state index in [1.807, 2.05) is 12.1 Å². The molecule has 2 heterocycles. The van der Waals surface area contributed by atoms with Crippen molar-refractivity contribution in [3.63, 3.8) is 0 Å². The van der Waals surface area contributed by atoms with E-state index in [1.165, 1.54) is 9.13 Å². The summed E-state index contributed by atoms with van der Waals surface area (Å²) in [5, 5.41) is 0.600. The number of aromatic nitrogens is 2. The van der Waals surface area contributed by atoms with Crippen LogP contribution >= 0.6 is 11.6 Å². The number of hydrogen-bond acceptors (Lipinski definition) is 4. The Kier molecular flexibility index (Phi) is 5.51. The fourth-order valence-electron chi connectivity index (χ4n) is 3.50. The summed E-state index contributed by atoms with van der Waals surface area (Å²) >= 11 is 5.93. The zero-order valence-corrected chi connectivity index (χ0v) is 16.5. The van der Waals surface area contributed by atoms with Gasteiger partial charge in [-0.1, -0.05) is 35.9 Å². The predicted octanol–water partition coefficient (Wildman–Crippen LogP) is 1.72. The van der Waals surface area contributed by atoms with Crippen LogP contribution in [0.5, 0.6) is 0 Å². The second kappa shape index (κ2) is 8.23. The average molecular weight is 414 g/mol. The van der Waals surface area contributed by atoms with Crippen LogP contribution in [-0.2, 0) is 22.6 Å². The van der Waals surface area contributed by atoms with Crippen molar-refractivity contribution in [2.24, 2.45) is 0 Å². The number of rotatable bonds is 4. The molecule has 0 radical (unpaired) electrons. The van der Waals surface area contributed by atoms with Crippen molar-refractivity contribution in [2.75, 3.05) is 26.3 Å². The second-order valence-electron chi connectivity index (χ2n) is 6.89. The van der Waals surface area contributed by atoms with Gasteiger partial charge in [-0.3, -0.25) is 23.5 Å². The van der Waals surface area contributed by atoms with E-state index in [-0.39, 0.29) is 19.0 Å². The van der Waals surface area contributed by atoms with Crippen molar-refractivity contribution < 1.29 is 9.53 Å². The molecule has 7 nitrogen and oxygen atoms in total. The second-order valence-corrected chi connectivity index (χ2v) is 7.33. The summed E-state index contributed by atoms with van der Waals surface area (Å²) in [5.41, 5.74) is 0.630. The van der Waals surface area contributed by atoms with Gasteiger partial charge in [0.1, 0.15) is 6.54 Å². The molecular formula is C21H20ClN3O4. The van der Waals surface area contributed by atoms with E-state index >= 15 is 0 Å². The number of halogens is 1. The van der Waals surface area contributed by atoms with Gasteiger partial charge in [0.05, 0.1) is 30.8 Å². The van der Waals surface area contributed by atoms with Gasteiger partial charge in [0, 0.05) is 18.1 Å². The molecule has 1 aliphatic rings. The molecule has 0 unspecified atom stereocenters. The third-order valence-electron chi connectivity index (χ3n) is 5.05. The normalized spacial score (nSPS) is 14.3. The van der Waals surface area contributed by atoms with Crippen LogP contribution in [0.25, 0.3) is 11.0 Å². The lowest BCUT2D eigenvalue weighted by Crippen LogP contribution is -2.47. The number of ether oxygens (including phenoxy) is 1. The molecule has 1 amide bonds.